The van der Waals surface area contributed by atoms with Gasteiger partial charge < -0.3 is 15.2 Å². The number of hydrogen-bond acceptors (Lipinski definition) is 3. The van der Waals surface area contributed by atoms with Crippen molar-refractivity contribution in [1.29, 1.82) is 0 Å². The minimum atomic E-state index is -0.269. The summed E-state index contributed by atoms with van der Waals surface area (Å²) in [5.74, 6) is -0.269. The summed E-state index contributed by atoms with van der Waals surface area (Å²) in [5, 5.41) is 4.64. The second-order valence-electron chi connectivity index (χ2n) is 7.24. The zero-order chi connectivity index (χ0) is 19.7. The predicted octanol–water partition coefficient (Wildman–Crippen LogP) is 4.47. The molecule has 2 heterocycles. The average Bonchev–Trinajstić information content (AvgIpc) is 3.00. The van der Waals surface area contributed by atoms with Crippen molar-refractivity contribution >= 4 is 45.7 Å². The van der Waals surface area contributed by atoms with E-state index in [1.165, 1.54) is 5.56 Å². The van der Waals surface area contributed by atoms with E-state index in [1.54, 1.807) is 12.1 Å². The number of carbonyl (C=O) groups excluding carboxylic acids is 1. The van der Waals surface area contributed by atoms with E-state index < -0.39 is 0 Å². The molecular formula is C21H22Cl2N4O. The van der Waals surface area contributed by atoms with E-state index >= 15 is 0 Å². The van der Waals surface area contributed by atoms with Gasteiger partial charge in [0.05, 0.1) is 5.02 Å². The van der Waals surface area contributed by atoms with Crippen molar-refractivity contribution in [2.75, 3.05) is 38.5 Å². The van der Waals surface area contributed by atoms with E-state index in [-0.39, 0.29) is 5.91 Å². The summed E-state index contributed by atoms with van der Waals surface area (Å²) >= 11 is 12.4. The number of anilines is 1. The fourth-order valence-corrected chi connectivity index (χ4v) is 3.95. The Bertz CT molecular complexity index is 1010. The second-order valence-corrected chi connectivity index (χ2v) is 8.05. The highest BCUT2D eigenvalue weighted by Gasteiger charge is 2.18. The molecule has 1 aliphatic rings. The Morgan fingerprint density at radius 3 is 2.68 bits per heavy atom. The van der Waals surface area contributed by atoms with Crippen molar-refractivity contribution in [3.05, 3.63) is 63.8 Å². The highest BCUT2D eigenvalue weighted by molar-refractivity contribution is 6.40. The van der Waals surface area contributed by atoms with Crippen molar-refractivity contribution in [3.63, 3.8) is 0 Å². The number of nitrogens with zero attached hydrogens (tertiary/aromatic N) is 2. The van der Waals surface area contributed by atoms with Crippen LogP contribution < -0.4 is 5.32 Å². The minimum Gasteiger partial charge on any atom is -0.349 e. The Morgan fingerprint density at radius 1 is 1.11 bits per heavy atom. The molecule has 0 aliphatic carbocycles. The van der Waals surface area contributed by atoms with Gasteiger partial charge in [0.15, 0.2) is 0 Å². The topological polar surface area (TPSA) is 51.4 Å². The van der Waals surface area contributed by atoms with Gasteiger partial charge in [0.25, 0.3) is 5.91 Å². The summed E-state index contributed by atoms with van der Waals surface area (Å²) < 4.78 is 0. The van der Waals surface area contributed by atoms with Gasteiger partial charge in [-0.2, -0.15) is 0 Å². The summed E-state index contributed by atoms with van der Waals surface area (Å²) in [6.07, 6.45) is 0. The Hall–Kier alpha value is -2.05. The van der Waals surface area contributed by atoms with Gasteiger partial charge in [-0.3, -0.25) is 9.69 Å². The molecule has 1 fully saturated rings. The summed E-state index contributed by atoms with van der Waals surface area (Å²) in [7, 11) is 2.15. The van der Waals surface area contributed by atoms with Gasteiger partial charge in [0.1, 0.15) is 5.69 Å². The molecule has 0 bridgehead atoms. The normalized spacial score (nSPS) is 15.8. The quantitative estimate of drug-likeness (QED) is 0.659. The number of H-pyrrole nitrogens is 1. The third-order valence-electron chi connectivity index (χ3n) is 5.11. The van der Waals surface area contributed by atoms with Crippen LogP contribution in [0, 0.1) is 0 Å². The van der Waals surface area contributed by atoms with Crippen LogP contribution in [0.25, 0.3) is 10.9 Å². The molecule has 0 atom stereocenters. The predicted molar refractivity (Wildman–Crippen MR) is 115 cm³/mol. The van der Waals surface area contributed by atoms with Gasteiger partial charge in [0, 0.05) is 54.3 Å². The maximum atomic E-state index is 12.8. The first-order valence-electron chi connectivity index (χ1n) is 9.27. The third-order valence-corrected chi connectivity index (χ3v) is 5.74. The largest absolute Gasteiger partial charge is 0.349 e. The molecule has 0 radical (unpaired) electrons. The Morgan fingerprint density at radius 2 is 1.89 bits per heavy atom. The molecule has 1 aliphatic heterocycles. The molecule has 28 heavy (non-hydrogen) atoms. The molecule has 0 spiro atoms. The number of halogens is 2. The lowest BCUT2D eigenvalue weighted by Crippen LogP contribution is -2.43. The molecule has 0 saturated carbocycles. The lowest BCUT2D eigenvalue weighted by atomic mass is 10.1. The monoisotopic (exact) mass is 416 g/mol. The molecule has 3 aromatic rings. The molecule has 1 saturated heterocycles. The first-order chi connectivity index (χ1) is 13.5. The van der Waals surface area contributed by atoms with Crippen LogP contribution in [0.2, 0.25) is 10.0 Å². The Kier molecular flexibility index (Phi) is 5.60. The molecule has 7 heteroatoms. The van der Waals surface area contributed by atoms with Crippen LogP contribution in [0.4, 0.5) is 5.69 Å². The van der Waals surface area contributed by atoms with Crippen LogP contribution in [0.5, 0.6) is 0 Å². The van der Waals surface area contributed by atoms with E-state index in [0.717, 1.165) is 49.3 Å². The van der Waals surface area contributed by atoms with Crippen LogP contribution in [-0.2, 0) is 6.54 Å². The van der Waals surface area contributed by atoms with E-state index in [4.69, 9.17) is 23.2 Å². The number of rotatable bonds is 4. The highest BCUT2D eigenvalue weighted by Crippen LogP contribution is 2.30. The van der Waals surface area contributed by atoms with Crippen LogP contribution >= 0.6 is 23.2 Å². The average molecular weight is 417 g/mol. The number of aromatic amines is 1. The van der Waals surface area contributed by atoms with Crippen LogP contribution in [0.15, 0.2) is 42.5 Å². The summed E-state index contributed by atoms with van der Waals surface area (Å²) in [6.45, 7) is 5.16. The smallest absolute Gasteiger partial charge is 0.273 e. The summed E-state index contributed by atoms with van der Waals surface area (Å²) in [5.41, 5.74) is 3.05. The molecule has 4 rings (SSSR count). The number of likely N-dealkylation sites (N-methyl/N-ethyl adjacent to an activating group) is 1. The van der Waals surface area contributed by atoms with Gasteiger partial charge in [-0.15, -0.1) is 0 Å². The molecule has 2 aromatic carbocycles. The first-order valence-corrected chi connectivity index (χ1v) is 10.0. The fraction of sp³-hybridized carbons (Fsp3) is 0.286. The number of piperazine rings is 1. The van der Waals surface area contributed by atoms with E-state index in [1.807, 2.05) is 24.3 Å². The molecule has 0 unspecified atom stereocenters. The van der Waals surface area contributed by atoms with Gasteiger partial charge in [-0.05, 0) is 42.9 Å². The van der Waals surface area contributed by atoms with Gasteiger partial charge in [0.2, 0.25) is 0 Å². The number of nitrogens with one attached hydrogen (secondary N) is 2. The van der Waals surface area contributed by atoms with Crippen molar-refractivity contribution in [2.45, 2.75) is 6.54 Å². The second kappa shape index (κ2) is 8.13. The van der Waals surface area contributed by atoms with Crippen LogP contribution in [-0.4, -0.2) is 53.9 Å². The molecule has 2 N–H and O–H groups in total. The maximum absolute atomic E-state index is 12.8. The zero-order valence-electron chi connectivity index (χ0n) is 15.6. The fourth-order valence-electron chi connectivity index (χ4n) is 3.49. The zero-order valence-corrected chi connectivity index (χ0v) is 17.1. The van der Waals surface area contributed by atoms with E-state index in [2.05, 4.69) is 33.2 Å². The lowest BCUT2D eigenvalue weighted by molar-refractivity contribution is 0.102. The number of hydrogen-bond donors (Lipinski definition) is 2. The van der Waals surface area contributed by atoms with Gasteiger partial charge in [-0.1, -0.05) is 35.3 Å². The van der Waals surface area contributed by atoms with Gasteiger partial charge in [-0.25, -0.2) is 0 Å². The summed E-state index contributed by atoms with van der Waals surface area (Å²) in [6, 6.07) is 13.3. The maximum Gasteiger partial charge on any atom is 0.273 e. The lowest BCUT2D eigenvalue weighted by Gasteiger charge is -2.32. The molecule has 146 valence electrons. The molecule has 1 aromatic heterocycles. The number of amides is 1. The minimum absolute atomic E-state index is 0.269. The number of aromatic nitrogens is 1. The highest BCUT2D eigenvalue weighted by atomic mass is 35.5. The number of carbonyl (C=O) groups is 1. The molecule has 1 amide bonds. The van der Waals surface area contributed by atoms with Crippen LogP contribution in [0.3, 0.4) is 0 Å². The molecular weight excluding hydrogens is 395 g/mol. The van der Waals surface area contributed by atoms with Gasteiger partial charge >= 0.3 is 0 Å². The standard InChI is InChI=1S/C21H22Cl2N4O/c1-26-7-9-27(10-8-26)13-14-3-2-4-16(11-14)24-21(28)20-19(23)17-12-15(22)5-6-18(17)25-20/h2-6,11-12,25H,7-10,13H2,1H3,(H,24,28). The van der Waals surface area contributed by atoms with Crippen molar-refractivity contribution < 1.29 is 4.79 Å². The third kappa shape index (κ3) is 4.18. The summed E-state index contributed by atoms with van der Waals surface area (Å²) in [4.78, 5) is 20.6. The van der Waals surface area contributed by atoms with Crippen molar-refractivity contribution in [1.82, 2.24) is 14.8 Å². The Labute approximate surface area is 174 Å². The van der Waals surface area contributed by atoms with Crippen molar-refractivity contribution in [3.8, 4) is 0 Å². The molecule has 5 nitrogen and oxygen atoms in total. The first kappa shape index (κ1) is 19.3. The van der Waals surface area contributed by atoms with Crippen molar-refractivity contribution in [2.24, 2.45) is 0 Å². The Balaban J connectivity index is 1.48. The van der Waals surface area contributed by atoms with E-state index in [0.29, 0.717) is 15.7 Å². The van der Waals surface area contributed by atoms with E-state index in [9.17, 15) is 4.79 Å². The SMILES string of the molecule is CN1CCN(Cc2cccc(NC(=O)c3[nH]c4ccc(Cl)cc4c3Cl)c2)CC1. The number of fused-ring (bicyclic) bond motifs is 1. The number of benzene rings is 2. The van der Waals surface area contributed by atoms with Crippen LogP contribution in [0.1, 0.15) is 16.1 Å².